The Kier molecular flexibility index (Phi) is 17.0. The van der Waals surface area contributed by atoms with E-state index in [0.29, 0.717) is 0 Å². The number of thiocarbonyl (C=S) groups is 2. The Morgan fingerprint density at radius 1 is 0.789 bits per heavy atom. The van der Waals surface area contributed by atoms with Crippen LogP contribution in [-0.2, 0) is 0 Å². The molecule has 7 heteroatoms. The van der Waals surface area contributed by atoms with Crippen molar-refractivity contribution in [3.63, 3.8) is 0 Å². The molecule has 0 atom stereocenters. The Labute approximate surface area is 136 Å². The van der Waals surface area contributed by atoms with Crippen molar-refractivity contribution in [1.82, 2.24) is 9.80 Å². The van der Waals surface area contributed by atoms with Gasteiger partial charge in [-0.1, -0.05) is 24.4 Å². The van der Waals surface area contributed by atoms with E-state index in [4.69, 9.17) is 29.5 Å². The quantitative estimate of drug-likeness (QED) is 0.616. The van der Waals surface area contributed by atoms with Gasteiger partial charge in [0.05, 0.1) is 0 Å². The van der Waals surface area contributed by atoms with E-state index in [1.807, 2.05) is 0 Å². The number of hydrogen-bond acceptors (Lipinski definition) is 5. The van der Waals surface area contributed by atoms with E-state index in [1.54, 1.807) is 28.5 Å². The number of hydrogen-bond donors (Lipinski definition) is 1. The summed E-state index contributed by atoms with van der Waals surface area (Å²) in [5, 5.41) is 7.57. The Balaban J connectivity index is 0. The Hall–Kier alpha value is 0.440. The van der Waals surface area contributed by atoms with Crippen molar-refractivity contribution in [2.45, 2.75) is 34.6 Å². The summed E-state index contributed by atoms with van der Waals surface area (Å²) >= 11 is 10.7. The summed E-state index contributed by atoms with van der Waals surface area (Å²) in [4.78, 5) is 4.33. The van der Waals surface area contributed by atoms with Gasteiger partial charge in [-0.25, -0.2) is 0 Å². The van der Waals surface area contributed by atoms with Gasteiger partial charge in [0.2, 0.25) is 0 Å². The van der Waals surface area contributed by atoms with Gasteiger partial charge < -0.3 is 14.9 Å². The number of aliphatic hydroxyl groups excluding tert-OH is 1. The van der Waals surface area contributed by atoms with Gasteiger partial charge in [0, 0.05) is 32.8 Å². The van der Waals surface area contributed by atoms with Crippen LogP contribution in [0.2, 0.25) is 0 Å². The summed E-state index contributed by atoms with van der Waals surface area (Å²) in [5.74, 6) is 0. The molecule has 19 heavy (non-hydrogen) atoms. The molecule has 0 aliphatic rings. The van der Waals surface area contributed by atoms with Crippen molar-refractivity contribution in [2.24, 2.45) is 0 Å². The van der Waals surface area contributed by atoms with Gasteiger partial charge in [0.25, 0.3) is 0 Å². The van der Waals surface area contributed by atoms with Gasteiger partial charge in [0.1, 0.15) is 8.64 Å². The third kappa shape index (κ3) is 10.8. The van der Waals surface area contributed by atoms with Crippen LogP contribution in [0.1, 0.15) is 34.6 Å². The van der Waals surface area contributed by atoms with Crippen LogP contribution in [0.15, 0.2) is 0 Å². The molecule has 0 aromatic heterocycles. The molecule has 0 unspecified atom stereocenters. The molecule has 0 aromatic carbocycles. The summed E-state index contributed by atoms with van der Waals surface area (Å²) in [6, 6.07) is 0. The van der Waals surface area contributed by atoms with E-state index in [1.165, 1.54) is 0 Å². The fourth-order valence-corrected chi connectivity index (χ4v) is 4.20. The third-order valence-electron chi connectivity index (χ3n) is 2.23. The Bertz CT molecular complexity index is 220. The highest BCUT2D eigenvalue weighted by atomic mass is 33.1. The molecule has 0 fully saturated rings. The highest BCUT2D eigenvalue weighted by molar-refractivity contribution is 8.89. The minimum atomic E-state index is 0.250. The van der Waals surface area contributed by atoms with Gasteiger partial charge >= 0.3 is 0 Å². The molecule has 0 saturated heterocycles. The third-order valence-corrected chi connectivity index (χ3v) is 5.96. The van der Waals surface area contributed by atoms with E-state index in [0.717, 1.165) is 34.8 Å². The molecule has 0 bridgehead atoms. The lowest BCUT2D eigenvalue weighted by molar-refractivity contribution is 0.318. The normalized spacial score (nSPS) is 9.37. The van der Waals surface area contributed by atoms with Crippen molar-refractivity contribution in [1.29, 1.82) is 0 Å². The first kappa shape index (κ1) is 21.7. The van der Waals surface area contributed by atoms with Gasteiger partial charge in [-0.2, -0.15) is 0 Å². The van der Waals surface area contributed by atoms with Gasteiger partial charge in [-0.15, -0.1) is 0 Å². The molecule has 0 aliphatic carbocycles. The average molecular weight is 343 g/mol. The van der Waals surface area contributed by atoms with Gasteiger partial charge in [-0.05, 0) is 56.2 Å². The topological polar surface area (TPSA) is 26.7 Å². The molecule has 0 spiro atoms. The summed E-state index contributed by atoms with van der Waals surface area (Å²) in [6.07, 6.45) is 0. The van der Waals surface area contributed by atoms with E-state index >= 15 is 0 Å². The summed E-state index contributed by atoms with van der Waals surface area (Å²) < 4.78 is 1.84. The lowest BCUT2D eigenvalue weighted by Gasteiger charge is -2.23. The lowest BCUT2D eigenvalue weighted by atomic mass is 10.6. The first-order chi connectivity index (χ1) is 9.01. The SMILES string of the molecule is CCN(CC)C(=S)SSC(=S)N(CC)CC.CCO. The molecular weight excluding hydrogens is 316 g/mol. The second-order valence-electron chi connectivity index (χ2n) is 3.36. The van der Waals surface area contributed by atoms with Crippen molar-refractivity contribution in [3.05, 3.63) is 0 Å². The Morgan fingerprint density at radius 2 is 1.00 bits per heavy atom. The van der Waals surface area contributed by atoms with E-state index < -0.39 is 0 Å². The molecular formula is C12H26N2OS4. The number of nitrogens with zero attached hydrogens (tertiary/aromatic N) is 2. The van der Waals surface area contributed by atoms with E-state index in [2.05, 4.69) is 37.5 Å². The lowest BCUT2D eigenvalue weighted by Crippen LogP contribution is -2.28. The zero-order valence-corrected chi connectivity index (χ0v) is 15.8. The zero-order chi connectivity index (χ0) is 15.3. The molecule has 0 saturated carbocycles. The monoisotopic (exact) mass is 342 g/mol. The van der Waals surface area contributed by atoms with Crippen LogP contribution in [0.3, 0.4) is 0 Å². The molecule has 0 aliphatic heterocycles. The van der Waals surface area contributed by atoms with E-state index in [9.17, 15) is 0 Å². The van der Waals surface area contributed by atoms with Crippen LogP contribution in [-0.4, -0.2) is 56.3 Å². The molecule has 0 heterocycles. The fraction of sp³-hybridized carbons (Fsp3) is 0.833. The number of rotatable bonds is 4. The predicted molar refractivity (Wildman–Crippen MR) is 99.0 cm³/mol. The van der Waals surface area contributed by atoms with Crippen molar-refractivity contribution >= 4 is 54.7 Å². The number of aliphatic hydroxyl groups is 1. The molecule has 0 aromatic rings. The second kappa shape index (κ2) is 14.8. The second-order valence-corrected chi connectivity index (χ2v) is 6.76. The molecule has 1 N–H and O–H groups in total. The van der Waals surface area contributed by atoms with Crippen molar-refractivity contribution < 1.29 is 5.11 Å². The smallest absolute Gasteiger partial charge is 0.147 e. The van der Waals surface area contributed by atoms with Crippen molar-refractivity contribution in [2.75, 3.05) is 32.8 Å². The molecule has 0 radical (unpaired) electrons. The van der Waals surface area contributed by atoms with E-state index in [-0.39, 0.29) is 6.61 Å². The standard InChI is InChI=1S/C10H20N2S4.C2H6O/c1-5-11(6-2)9(13)15-16-10(14)12(7-3)8-4;1-2-3/h5-8H2,1-4H3;3H,2H2,1H3. The highest BCUT2D eigenvalue weighted by Gasteiger charge is 2.11. The maximum Gasteiger partial charge on any atom is 0.147 e. The largest absolute Gasteiger partial charge is 0.397 e. The fourth-order valence-electron chi connectivity index (χ4n) is 1.14. The summed E-state index contributed by atoms with van der Waals surface area (Å²) in [5.41, 5.74) is 0. The van der Waals surface area contributed by atoms with Crippen LogP contribution in [0.4, 0.5) is 0 Å². The molecule has 0 rings (SSSR count). The van der Waals surface area contributed by atoms with Gasteiger partial charge in [-0.3, -0.25) is 0 Å². The first-order valence-electron chi connectivity index (χ1n) is 6.55. The van der Waals surface area contributed by atoms with Gasteiger partial charge in [0.15, 0.2) is 0 Å². The van der Waals surface area contributed by atoms with Crippen LogP contribution in [0.25, 0.3) is 0 Å². The average Bonchev–Trinajstić information content (AvgIpc) is 2.40. The zero-order valence-electron chi connectivity index (χ0n) is 12.5. The van der Waals surface area contributed by atoms with Crippen LogP contribution in [0.5, 0.6) is 0 Å². The molecule has 114 valence electrons. The van der Waals surface area contributed by atoms with Crippen molar-refractivity contribution in [3.8, 4) is 0 Å². The van der Waals surface area contributed by atoms with Crippen LogP contribution < -0.4 is 0 Å². The first-order valence-corrected chi connectivity index (χ1v) is 9.51. The predicted octanol–water partition coefficient (Wildman–Crippen LogP) is 3.62. The minimum Gasteiger partial charge on any atom is -0.397 e. The van der Waals surface area contributed by atoms with Crippen LogP contribution >= 0.6 is 46.0 Å². The maximum atomic E-state index is 7.57. The van der Waals surface area contributed by atoms with Crippen LogP contribution in [0, 0.1) is 0 Å². The molecule has 0 amide bonds. The minimum absolute atomic E-state index is 0.250. The summed E-state index contributed by atoms with van der Waals surface area (Å²) in [6.45, 7) is 14.2. The highest BCUT2D eigenvalue weighted by Crippen LogP contribution is 2.28. The molecule has 3 nitrogen and oxygen atoms in total. The Morgan fingerprint density at radius 3 is 1.16 bits per heavy atom. The maximum absolute atomic E-state index is 7.57. The summed E-state index contributed by atoms with van der Waals surface area (Å²) in [7, 11) is 3.18.